The van der Waals surface area contributed by atoms with Gasteiger partial charge in [-0.3, -0.25) is 9.78 Å². The normalized spacial score (nSPS) is 14.6. The predicted octanol–water partition coefficient (Wildman–Crippen LogP) is 3.30. The molecule has 2 aromatic rings. The van der Waals surface area contributed by atoms with E-state index in [1.807, 2.05) is 37.3 Å². The van der Waals surface area contributed by atoms with Gasteiger partial charge in [0.2, 0.25) is 0 Å². The number of halogens is 2. The third-order valence-corrected chi connectivity index (χ3v) is 4.74. The van der Waals surface area contributed by atoms with Gasteiger partial charge in [-0.15, -0.1) is 24.8 Å². The van der Waals surface area contributed by atoms with Crippen LogP contribution < -0.4 is 10.6 Å². The predicted molar refractivity (Wildman–Crippen MR) is 115 cm³/mol. The number of nitrogens with one attached hydrogen (secondary N) is 2. The number of para-hydroxylation sites is 1. The number of rotatable bonds is 5. The van der Waals surface area contributed by atoms with Crippen LogP contribution in [0.3, 0.4) is 0 Å². The molecule has 154 valence electrons. The molecule has 0 saturated carbocycles. The number of carbonyl (C=O) groups excluding carboxylic acids is 1. The molecule has 3 N–H and O–H groups in total. The van der Waals surface area contributed by atoms with Crippen molar-refractivity contribution in [2.24, 2.45) is 5.92 Å². The third kappa shape index (κ3) is 6.22. The smallest absolute Gasteiger partial charge is 0.319 e. The van der Waals surface area contributed by atoms with E-state index >= 15 is 0 Å². The summed E-state index contributed by atoms with van der Waals surface area (Å²) >= 11 is 0. The molecule has 2 heterocycles. The number of pyridine rings is 1. The average molecular weight is 429 g/mol. The van der Waals surface area contributed by atoms with Crippen LogP contribution in [0.1, 0.15) is 18.5 Å². The second-order valence-electron chi connectivity index (χ2n) is 6.66. The summed E-state index contributed by atoms with van der Waals surface area (Å²) in [7, 11) is 0. The van der Waals surface area contributed by atoms with E-state index in [2.05, 4.69) is 20.5 Å². The van der Waals surface area contributed by atoms with E-state index in [1.54, 1.807) is 0 Å². The van der Waals surface area contributed by atoms with Gasteiger partial charge in [-0.25, -0.2) is 4.79 Å². The number of aryl methyl sites for hydroxylation is 1. The number of anilines is 1. The van der Waals surface area contributed by atoms with Crippen molar-refractivity contribution < 1.29 is 14.7 Å². The molecule has 0 atom stereocenters. The van der Waals surface area contributed by atoms with Crippen molar-refractivity contribution in [3.8, 4) is 0 Å². The van der Waals surface area contributed by atoms with Crippen molar-refractivity contribution in [2.75, 3.05) is 31.5 Å². The lowest BCUT2D eigenvalue weighted by Crippen LogP contribution is -2.41. The Balaban J connectivity index is 0.00000196. The minimum Gasteiger partial charge on any atom is -0.481 e. The number of fused-ring (bicyclic) bond motifs is 1. The summed E-state index contributed by atoms with van der Waals surface area (Å²) in [5.41, 5.74) is 2.44. The summed E-state index contributed by atoms with van der Waals surface area (Å²) in [6.45, 7) is 4.65. The zero-order chi connectivity index (χ0) is 18.5. The first-order chi connectivity index (χ1) is 12.5. The first kappa shape index (κ1) is 23.9. The number of urea groups is 1. The Morgan fingerprint density at radius 1 is 1.21 bits per heavy atom. The lowest BCUT2D eigenvalue weighted by molar-refractivity contribution is -0.143. The molecular weight excluding hydrogens is 403 g/mol. The van der Waals surface area contributed by atoms with Crippen molar-refractivity contribution in [2.45, 2.75) is 19.8 Å². The molecule has 0 aliphatic carbocycles. The van der Waals surface area contributed by atoms with Crippen molar-refractivity contribution in [3.63, 3.8) is 0 Å². The van der Waals surface area contributed by atoms with Crippen molar-refractivity contribution >= 4 is 53.4 Å². The highest BCUT2D eigenvalue weighted by Crippen LogP contribution is 2.22. The van der Waals surface area contributed by atoms with Crippen molar-refractivity contribution in [1.82, 2.24) is 15.2 Å². The summed E-state index contributed by atoms with van der Waals surface area (Å²) in [5.74, 6) is -0.937. The summed E-state index contributed by atoms with van der Waals surface area (Å²) < 4.78 is 0. The number of aliphatic carboxylic acids is 1. The van der Waals surface area contributed by atoms with Crippen LogP contribution in [0.4, 0.5) is 10.5 Å². The van der Waals surface area contributed by atoms with Gasteiger partial charge in [0.05, 0.1) is 17.1 Å². The van der Waals surface area contributed by atoms with E-state index in [1.165, 1.54) is 0 Å². The molecular formula is C19H26Cl2N4O3. The molecule has 2 amide bonds. The number of hydrogen-bond acceptors (Lipinski definition) is 4. The highest BCUT2D eigenvalue weighted by atomic mass is 35.5. The maximum Gasteiger partial charge on any atom is 0.319 e. The zero-order valence-corrected chi connectivity index (χ0v) is 17.3. The highest BCUT2D eigenvalue weighted by molar-refractivity contribution is 6.00. The Bertz CT molecular complexity index is 811. The summed E-state index contributed by atoms with van der Waals surface area (Å²) in [4.78, 5) is 29.8. The number of amides is 2. The number of hydrogen-bond donors (Lipinski definition) is 3. The van der Waals surface area contributed by atoms with Gasteiger partial charge >= 0.3 is 12.0 Å². The Morgan fingerprint density at radius 3 is 2.57 bits per heavy atom. The second kappa shape index (κ2) is 11.0. The minimum absolute atomic E-state index is 0. The van der Waals surface area contributed by atoms with Gasteiger partial charge in [-0.2, -0.15) is 0 Å². The molecule has 3 rings (SSSR count). The van der Waals surface area contributed by atoms with E-state index in [9.17, 15) is 9.59 Å². The van der Waals surface area contributed by atoms with Crippen LogP contribution in [0.15, 0.2) is 30.3 Å². The van der Waals surface area contributed by atoms with E-state index in [0.29, 0.717) is 19.4 Å². The number of carbonyl (C=O) groups is 2. The third-order valence-electron chi connectivity index (χ3n) is 4.74. The topological polar surface area (TPSA) is 94.6 Å². The number of nitrogens with zero attached hydrogens (tertiary/aromatic N) is 2. The van der Waals surface area contributed by atoms with Crippen molar-refractivity contribution in [3.05, 3.63) is 36.0 Å². The van der Waals surface area contributed by atoms with Gasteiger partial charge in [0.25, 0.3) is 0 Å². The Labute approximate surface area is 176 Å². The number of carboxylic acid groups (broad SMARTS) is 1. The molecule has 0 spiro atoms. The van der Waals surface area contributed by atoms with Crippen LogP contribution >= 0.6 is 24.8 Å². The molecule has 1 saturated heterocycles. The largest absolute Gasteiger partial charge is 0.481 e. The Morgan fingerprint density at radius 2 is 1.89 bits per heavy atom. The van der Waals surface area contributed by atoms with Gasteiger partial charge in [-0.05, 0) is 45.0 Å². The van der Waals surface area contributed by atoms with E-state index in [-0.39, 0.29) is 36.8 Å². The second-order valence-corrected chi connectivity index (χ2v) is 6.66. The molecule has 0 bridgehead atoms. The summed E-state index contributed by atoms with van der Waals surface area (Å²) in [6, 6.07) is 9.31. The summed E-state index contributed by atoms with van der Waals surface area (Å²) in [5, 5.41) is 15.7. The number of benzene rings is 1. The minimum atomic E-state index is -0.706. The maximum absolute atomic E-state index is 12.2. The fourth-order valence-electron chi connectivity index (χ4n) is 3.31. The molecule has 28 heavy (non-hydrogen) atoms. The Kier molecular flexibility index (Phi) is 9.45. The van der Waals surface area contributed by atoms with E-state index in [4.69, 9.17) is 5.11 Å². The lowest BCUT2D eigenvalue weighted by Gasteiger charge is -2.29. The Hall–Kier alpha value is -2.09. The first-order valence-electron chi connectivity index (χ1n) is 8.89. The first-order valence-corrected chi connectivity index (χ1v) is 8.89. The summed E-state index contributed by atoms with van der Waals surface area (Å²) in [6.07, 6.45) is 1.34. The van der Waals surface area contributed by atoms with E-state index < -0.39 is 5.97 Å². The van der Waals surface area contributed by atoms with Crippen LogP contribution in [-0.4, -0.2) is 53.2 Å². The van der Waals surface area contributed by atoms with Gasteiger partial charge in [0.15, 0.2) is 0 Å². The van der Waals surface area contributed by atoms with Gasteiger partial charge in [0, 0.05) is 24.2 Å². The fourth-order valence-corrected chi connectivity index (χ4v) is 3.31. The number of carboxylic acids is 1. The molecule has 1 aromatic heterocycles. The molecule has 0 radical (unpaired) electrons. The quantitative estimate of drug-likeness (QED) is 0.678. The van der Waals surface area contributed by atoms with Crippen LogP contribution in [-0.2, 0) is 4.79 Å². The molecule has 0 unspecified atom stereocenters. The van der Waals surface area contributed by atoms with E-state index in [0.717, 1.165) is 41.9 Å². The number of aromatic nitrogens is 1. The molecule has 9 heteroatoms. The fraction of sp³-hybridized carbons (Fsp3) is 0.421. The SMILES string of the molecule is Cc1cc(NC(=O)NCCN2CCC(C(=O)O)CC2)c2ccccc2n1.Cl.Cl. The number of likely N-dealkylation sites (tertiary alicyclic amines) is 1. The standard InChI is InChI=1S/C19H24N4O3.2ClH/c1-13-12-17(15-4-2-3-5-16(15)21-13)22-19(26)20-8-11-23-9-6-14(7-10-23)18(24)25;;/h2-5,12,14H,6-11H2,1H3,(H,24,25)(H2,20,21,22,26);2*1H. The highest BCUT2D eigenvalue weighted by Gasteiger charge is 2.24. The van der Waals surface area contributed by atoms with Crippen LogP contribution in [0.5, 0.6) is 0 Å². The maximum atomic E-state index is 12.2. The average Bonchev–Trinajstić information content (AvgIpc) is 2.62. The van der Waals surface area contributed by atoms with Gasteiger partial charge in [-0.1, -0.05) is 18.2 Å². The lowest BCUT2D eigenvalue weighted by atomic mass is 9.97. The monoisotopic (exact) mass is 428 g/mol. The molecule has 1 fully saturated rings. The molecule has 7 nitrogen and oxygen atoms in total. The number of piperidine rings is 1. The molecule has 1 aliphatic rings. The van der Waals surface area contributed by atoms with Gasteiger partial charge in [0.1, 0.15) is 0 Å². The zero-order valence-electron chi connectivity index (χ0n) is 15.7. The molecule has 1 aliphatic heterocycles. The van der Waals surface area contributed by atoms with Gasteiger partial charge < -0.3 is 20.6 Å². The van der Waals surface area contributed by atoms with Crippen LogP contribution in [0, 0.1) is 12.8 Å². The van der Waals surface area contributed by atoms with Crippen LogP contribution in [0.2, 0.25) is 0 Å². The van der Waals surface area contributed by atoms with Crippen molar-refractivity contribution in [1.29, 1.82) is 0 Å². The molecule has 1 aromatic carbocycles. The van der Waals surface area contributed by atoms with Crippen LogP contribution in [0.25, 0.3) is 10.9 Å².